The predicted octanol–water partition coefficient (Wildman–Crippen LogP) is 2.66. The van der Waals surface area contributed by atoms with E-state index in [9.17, 15) is 9.90 Å². The zero-order chi connectivity index (χ0) is 13.1. The summed E-state index contributed by atoms with van der Waals surface area (Å²) in [6.07, 6.45) is 0. The lowest BCUT2D eigenvalue weighted by molar-refractivity contribution is 0.0697. The largest absolute Gasteiger partial charge is 0.478 e. The molecular formula is C13H14N2O2S. The Morgan fingerprint density at radius 2 is 2.17 bits per heavy atom. The lowest BCUT2D eigenvalue weighted by Gasteiger charge is -2.22. The molecule has 1 heterocycles. The minimum absolute atomic E-state index is 0.231. The van der Waals surface area contributed by atoms with E-state index in [-0.39, 0.29) is 5.56 Å². The highest BCUT2D eigenvalue weighted by Gasteiger charge is 2.16. The molecule has 2 aromatic rings. The van der Waals surface area contributed by atoms with Gasteiger partial charge >= 0.3 is 5.97 Å². The Labute approximate surface area is 109 Å². The summed E-state index contributed by atoms with van der Waals surface area (Å²) in [7, 11) is 1.85. The van der Waals surface area contributed by atoms with Crippen LogP contribution in [0.4, 0.5) is 11.4 Å². The van der Waals surface area contributed by atoms with Crippen LogP contribution in [-0.2, 0) is 6.54 Å². The van der Waals surface area contributed by atoms with E-state index in [2.05, 4.69) is 0 Å². The molecule has 2 rings (SSSR count). The second kappa shape index (κ2) is 5.10. The van der Waals surface area contributed by atoms with Gasteiger partial charge in [0.05, 0.1) is 23.5 Å². The van der Waals surface area contributed by atoms with Crippen LogP contribution in [-0.4, -0.2) is 18.1 Å². The number of carboxylic acid groups (broad SMARTS) is 1. The Hall–Kier alpha value is -2.01. The van der Waals surface area contributed by atoms with Gasteiger partial charge in [-0.15, -0.1) is 11.3 Å². The van der Waals surface area contributed by atoms with Crippen LogP contribution in [0.1, 0.15) is 15.2 Å². The fourth-order valence-electron chi connectivity index (χ4n) is 1.88. The molecule has 0 aliphatic rings. The zero-order valence-corrected chi connectivity index (χ0v) is 10.8. The van der Waals surface area contributed by atoms with E-state index in [1.54, 1.807) is 29.5 Å². The molecule has 0 saturated heterocycles. The molecule has 0 aliphatic heterocycles. The molecule has 1 aromatic carbocycles. The normalized spacial score (nSPS) is 10.3. The van der Waals surface area contributed by atoms with Crippen LogP contribution in [0.25, 0.3) is 0 Å². The smallest absolute Gasteiger partial charge is 0.337 e. The topological polar surface area (TPSA) is 66.6 Å². The van der Waals surface area contributed by atoms with Crippen LogP contribution in [0.3, 0.4) is 0 Å². The van der Waals surface area contributed by atoms with Crippen LogP contribution >= 0.6 is 11.3 Å². The van der Waals surface area contributed by atoms with Gasteiger partial charge in [-0.2, -0.15) is 0 Å². The number of nitrogen functional groups attached to an aromatic ring is 1. The van der Waals surface area contributed by atoms with Crippen LogP contribution in [0.2, 0.25) is 0 Å². The molecule has 0 unspecified atom stereocenters. The van der Waals surface area contributed by atoms with Gasteiger partial charge in [-0.3, -0.25) is 0 Å². The first-order valence-corrected chi connectivity index (χ1v) is 6.33. The van der Waals surface area contributed by atoms with Gasteiger partial charge in [-0.25, -0.2) is 4.79 Å². The maximum atomic E-state index is 11.2. The number of para-hydroxylation sites is 1. The number of thiophene rings is 1. The summed E-state index contributed by atoms with van der Waals surface area (Å²) in [5, 5.41) is 11.2. The van der Waals surface area contributed by atoms with Crippen LogP contribution < -0.4 is 10.6 Å². The number of nitrogens with two attached hydrogens (primary N) is 1. The fraction of sp³-hybridized carbons (Fsp3) is 0.154. The van der Waals surface area contributed by atoms with Crippen molar-refractivity contribution in [1.82, 2.24) is 0 Å². The van der Waals surface area contributed by atoms with E-state index in [0.717, 1.165) is 4.88 Å². The van der Waals surface area contributed by atoms with Crippen molar-refractivity contribution in [2.24, 2.45) is 0 Å². The first kappa shape index (κ1) is 12.4. The van der Waals surface area contributed by atoms with E-state index in [1.165, 1.54) is 0 Å². The zero-order valence-electron chi connectivity index (χ0n) is 9.96. The number of hydrogen-bond acceptors (Lipinski definition) is 4. The second-order valence-electron chi connectivity index (χ2n) is 3.98. The number of carboxylic acids is 1. The average Bonchev–Trinajstić information content (AvgIpc) is 2.81. The van der Waals surface area contributed by atoms with Crippen molar-refractivity contribution < 1.29 is 9.90 Å². The molecule has 4 nitrogen and oxygen atoms in total. The van der Waals surface area contributed by atoms with E-state index in [1.807, 2.05) is 29.5 Å². The number of benzene rings is 1. The summed E-state index contributed by atoms with van der Waals surface area (Å²) < 4.78 is 0. The fourth-order valence-corrected chi connectivity index (χ4v) is 2.63. The molecule has 0 bridgehead atoms. The van der Waals surface area contributed by atoms with E-state index in [0.29, 0.717) is 17.9 Å². The van der Waals surface area contributed by atoms with E-state index >= 15 is 0 Å². The van der Waals surface area contributed by atoms with Gasteiger partial charge in [0.1, 0.15) is 0 Å². The quantitative estimate of drug-likeness (QED) is 0.831. The molecule has 5 heteroatoms. The maximum Gasteiger partial charge on any atom is 0.337 e. The first-order chi connectivity index (χ1) is 8.59. The predicted molar refractivity (Wildman–Crippen MR) is 74.2 cm³/mol. The summed E-state index contributed by atoms with van der Waals surface area (Å²) in [6.45, 7) is 0.645. The van der Waals surface area contributed by atoms with Gasteiger partial charge in [-0.1, -0.05) is 12.1 Å². The number of hydrogen-bond donors (Lipinski definition) is 2. The molecular weight excluding hydrogens is 248 g/mol. The Morgan fingerprint density at radius 3 is 2.78 bits per heavy atom. The highest BCUT2D eigenvalue weighted by molar-refractivity contribution is 7.09. The van der Waals surface area contributed by atoms with Crippen molar-refractivity contribution in [3.8, 4) is 0 Å². The number of carbonyl (C=O) groups is 1. The Balaban J connectivity index is 2.34. The molecule has 0 radical (unpaired) electrons. The summed E-state index contributed by atoms with van der Waals surface area (Å²) in [4.78, 5) is 14.2. The summed E-state index contributed by atoms with van der Waals surface area (Å²) >= 11 is 1.64. The van der Waals surface area contributed by atoms with Crippen LogP contribution in [0.5, 0.6) is 0 Å². The number of aromatic carboxylic acids is 1. The molecule has 1 aromatic heterocycles. The molecule has 0 amide bonds. The molecule has 0 spiro atoms. The molecule has 0 saturated carbocycles. The Kier molecular flexibility index (Phi) is 3.53. The van der Waals surface area contributed by atoms with Crippen molar-refractivity contribution in [1.29, 1.82) is 0 Å². The maximum absolute atomic E-state index is 11.2. The van der Waals surface area contributed by atoms with E-state index in [4.69, 9.17) is 5.73 Å². The van der Waals surface area contributed by atoms with Crippen molar-refractivity contribution in [3.05, 3.63) is 46.2 Å². The molecule has 0 aliphatic carbocycles. The van der Waals surface area contributed by atoms with Crippen molar-refractivity contribution in [2.45, 2.75) is 6.54 Å². The van der Waals surface area contributed by atoms with Crippen LogP contribution in [0.15, 0.2) is 35.7 Å². The summed E-state index contributed by atoms with van der Waals surface area (Å²) in [5.74, 6) is -0.963. The summed E-state index contributed by atoms with van der Waals surface area (Å²) in [6, 6.07) is 8.92. The third-order valence-electron chi connectivity index (χ3n) is 2.65. The van der Waals surface area contributed by atoms with Gasteiger partial charge in [-0.05, 0) is 23.6 Å². The highest BCUT2D eigenvalue weighted by Crippen LogP contribution is 2.28. The molecule has 94 valence electrons. The molecule has 3 N–H and O–H groups in total. The minimum Gasteiger partial charge on any atom is -0.478 e. The molecule has 0 atom stereocenters. The van der Waals surface area contributed by atoms with Gasteiger partial charge in [0, 0.05) is 11.9 Å². The van der Waals surface area contributed by atoms with E-state index < -0.39 is 5.97 Å². The molecule has 0 fully saturated rings. The SMILES string of the molecule is CN(Cc1cccs1)c1c(N)cccc1C(=O)O. The Morgan fingerprint density at radius 1 is 1.39 bits per heavy atom. The Bertz CT molecular complexity index is 552. The minimum atomic E-state index is -0.963. The standard InChI is InChI=1S/C13H14N2O2S/c1-15(8-9-4-3-7-18-9)12-10(13(16)17)5-2-6-11(12)14/h2-7H,8,14H2,1H3,(H,16,17). The number of nitrogens with zero attached hydrogens (tertiary/aromatic N) is 1. The van der Waals surface area contributed by atoms with Gasteiger partial charge in [0.2, 0.25) is 0 Å². The van der Waals surface area contributed by atoms with Crippen molar-refractivity contribution in [2.75, 3.05) is 17.7 Å². The average molecular weight is 262 g/mol. The number of anilines is 2. The van der Waals surface area contributed by atoms with Gasteiger partial charge < -0.3 is 15.7 Å². The molecule has 18 heavy (non-hydrogen) atoms. The third-order valence-corrected chi connectivity index (χ3v) is 3.51. The lowest BCUT2D eigenvalue weighted by Crippen LogP contribution is -2.20. The summed E-state index contributed by atoms with van der Waals surface area (Å²) in [5.41, 5.74) is 7.17. The lowest BCUT2D eigenvalue weighted by atomic mass is 10.1. The number of rotatable bonds is 4. The highest BCUT2D eigenvalue weighted by atomic mass is 32.1. The van der Waals surface area contributed by atoms with Gasteiger partial charge in [0.25, 0.3) is 0 Å². The third kappa shape index (κ3) is 2.46. The second-order valence-corrected chi connectivity index (χ2v) is 5.02. The first-order valence-electron chi connectivity index (χ1n) is 5.45. The van der Waals surface area contributed by atoms with Gasteiger partial charge in [0.15, 0.2) is 0 Å². The van der Waals surface area contributed by atoms with Crippen molar-refractivity contribution in [3.63, 3.8) is 0 Å². The van der Waals surface area contributed by atoms with Crippen molar-refractivity contribution >= 4 is 28.7 Å². The van der Waals surface area contributed by atoms with Crippen LogP contribution in [0, 0.1) is 0 Å². The monoisotopic (exact) mass is 262 g/mol.